The van der Waals surface area contributed by atoms with Gasteiger partial charge in [-0.25, -0.2) is 0 Å². The van der Waals surface area contributed by atoms with Gasteiger partial charge >= 0.3 is 0 Å². The standard InChI is InChI=1S/C16H24ClN3S/c1-5-8-18-13(16-11(3)7-9-21-16)10-14-15(17)12(4)19-20(14)6-2/h7,9,13,18H,5-6,8,10H2,1-4H3. The molecule has 0 spiro atoms. The van der Waals surface area contributed by atoms with Gasteiger partial charge in [0.25, 0.3) is 0 Å². The Morgan fingerprint density at radius 1 is 1.38 bits per heavy atom. The zero-order valence-corrected chi connectivity index (χ0v) is 14.8. The van der Waals surface area contributed by atoms with Gasteiger partial charge < -0.3 is 5.32 Å². The Morgan fingerprint density at radius 2 is 2.14 bits per heavy atom. The van der Waals surface area contributed by atoms with Gasteiger partial charge in [0.15, 0.2) is 0 Å². The van der Waals surface area contributed by atoms with Gasteiger partial charge in [-0.3, -0.25) is 4.68 Å². The molecule has 1 unspecified atom stereocenters. The molecule has 21 heavy (non-hydrogen) atoms. The summed E-state index contributed by atoms with van der Waals surface area (Å²) < 4.78 is 2.03. The molecule has 2 aromatic heterocycles. The van der Waals surface area contributed by atoms with Crippen LogP contribution in [0.1, 0.15) is 48.1 Å². The number of hydrogen-bond donors (Lipinski definition) is 1. The lowest BCUT2D eigenvalue weighted by molar-refractivity contribution is 0.507. The van der Waals surface area contributed by atoms with Gasteiger partial charge in [0.1, 0.15) is 0 Å². The van der Waals surface area contributed by atoms with Crippen molar-refractivity contribution in [2.45, 2.75) is 53.1 Å². The average Bonchev–Trinajstić information content (AvgIpc) is 3.01. The fourth-order valence-electron chi connectivity index (χ4n) is 2.57. The molecule has 2 aromatic rings. The Kier molecular flexibility index (Phi) is 5.85. The first-order valence-electron chi connectivity index (χ1n) is 7.57. The third-order valence-corrected chi connectivity index (χ3v) is 5.33. The minimum Gasteiger partial charge on any atom is -0.309 e. The summed E-state index contributed by atoms with van der Waals surface area (Å²) in [6.45, 7) is 10.3. The van der Waals surface area contributed by atoms with Crippen molar-refractivity contribution >= 4 is 22.9 Å². The van der Waals surface area contributed by atoms with E-state index in [-0.39, 0.29) is 0 Å². The highest BCUT2D eigenvalue weighted by Gasteiger charge is 2.20. The van der Waals surface area contributed by atoms with Crippen molar-refractivity contribution in [2.24, 2.45) is 0 Å². The first kappa shape index (κ1) is 16.5. The van der Waals surface area contributed by atoms with Crippen molar-refractivity contribution in [3.05, 3.63) is 38.3 Å². The van der Waals surface area contributed by atoms with Crippen molar-refractivity contribution in [3.63, 3.8) is 0 Å². The van der Waals surface area contributed by atoms with Crippen molar-refractivity contribution in [1.82, 2.24) is 15.1 Å². The number of nitrogens with one attached hydrogen (secondary N) is 1. The Morgan fingerprint density at radius 3 is 2.71 bits per heavy atom. The highest BCUT2D eigenvalue weighted by atomic mass is 35.5. The molecule has 0 amide bonds. The van der Waals surface area contributed by atoms with E-state index in [0.717, 1.165) is 42.3 Å². The van der Waals surface area contributed by atoms with Crippen LogP contribution in [0.5, 0.6) is 0 Å². The second-order valence-corrected chi connectivity index (χ2v) is 6.67. The normalized spacial score (nSPS) is 12.8. The minimum atomic E-state index is 0.309. The van der Waals surface area contributed by atoms with Crippen molar-refractivity contribution in [3.8, 4) is 0 Å². The third-order valence-electron chi connectivity index (χ3n) is 3.71. The number of aryl methyl sites for hydroxylation is 3. The van der Waals surface area contributed by atoms with E-state index in [1.165, 1.54) is 10.4 Å². The van der Waals surface area contributed by atoms with Crippen LogP contribution in [0.15, 0.2) is 11.4 Å². The molecular weight excluding hydrogens is 302 g/mol. The monoisotopic (exact) mass is 325 g/mol. The summed E-state index contributed by atoms with van der Waals surface area (Å²) in [4.78, 5) is 1.40. The smallest absolute Gasteiger partial charge is 0.0847 e. The number of halogens is 1. The van der Waals surface area contributed by atoms with E-state index in [2.05, 4.69) is 42.6 Å². The molecule has 0 aliphatic heterocycles. The second kappa shape index (κ2) is 7.43. The lowest BCUT2D eigenvalue weighted by Crippen LogP contribution is -2.25. The largest absolute Gasteiger partial charge is 0.309 e. The van der Waals surface area contributed by atoms with Gasteiger partial charge in [0.2, 0.25) is 0 Å². The maximum absolute atomic E-state index is 6.46. The zero-order chi connectivity index (χ0) is 15.4. The van der Waals surface area contributed by atoms with Crippen LogP contribution in [0.2, 0.25) is 5.02 Å². The lowest BCUT2D eigenvalue weighted by Gasteiger charge is -2.19. The van der Waals surface area contributed by atoms with Crippen LogP contribution >= 0.6 is 22.9 Å². The highest BCUT2D eigenvalue weighted by Crippen LogP contribution is 2.30. The van der Waals surface area contributed by atoms with E-state index in [9.17, 15) is 0 Å². The Balaban J connectivity index is 2.29. The first-order valence-corrected chi connectivity index (χ1v) is 8.83. The van der Waals surface area contributed by atoms with Crippen LogP contribution < -0.4 is 5.32 Å². The van der Waals surface area contributed by atoms with E-state index >= 15 is 0 Å². The summed E-state index contributed by atoms with van der Waals surface area (Å²) in [5.41, 5.74) is 3.41. The number of nitrogens with zero attached hydrogens (tertiary/aromatic N) is 2. The highest BCUT2D eigenvalue weighted by molar-refractivity contribution is 7.10. The van der Waals surface area contributed by atoms with E-state index < -0.39 is 0 Å². The van der Waals surface area contributed by atoms with Crippen LogP contribution in [-0.2, 0) is 13.0 Å². The molecule has 0 saturated heterocycles. The van der Waals surface area contributed by atoms with Crippen LogP contribution in [-0.4, -0.2) is 16.3 Å². The second-order valence-electron chi connectivity index (χ2n) is 5.34. The van der Waals surface area contributed by atoms with Gasteiger partial charge in [-0.05, 0) is 50.7 Å². The Labute approximate surface area is 136 Å². The van der Waals surface area contributed by atoms with Crippen LogP contribution in [0, 0.1) is 13.8 Å². The molecule has 0 radical (unpaired) electrons. The summed E-state index contributed by atoms with van der Waals surface area (Å²) in [5, 5.41) is 11.2. The average molecular weight is 326 g/mol. The molecule has 116 valence electrons. The molecule has 0 aliphatic rings. The van der Waals surface area contributed by atoms with Crippen LogP contribution in [0.3, 0.4) is 0 Å². The predicted octanol–water partition coefficient (Wildman–Crippen LogP) is 4.52. The molecule has 0 aromatic carbocycles. The predicted molar refractivity (Wildman–Crippen MR) is 91.4 cm³/mol. The van der Waals surface area contributed by atoms with Crippen LogP contribution in [0.4, 0.5) is 0 Å². The van der Waals surface area contributed by atoms with Gasteiger partial charge in [-0.1, -0.05) is 18.5 Å². The van der Waals surface area contributed by atoms with Crippen molar-refractivity contribution in [2.75, 3.05) is 6.54 Å². The lowest BCUT2D eigenvalue weighted by atomic mass is 10.1. The first-order chi connectivity index (χ1) is 10.1. The van der Waals surface area contributed by atoms with Gasteiger partial charge in [-0.15, -0.1) is 11.3 Å². The topological polar surface area (TPSA) is 29.9 Å². The van der Waals surface area contributed by atoms with E-state index in [0.29, 0.717) is 6.04 Å². The summed E-state index contributed by atoms with van der Waals surface area (Å²) in [7, 11) is 0. The number of thiophene rings is 1. The third kappa shape index (κ3) is 3.68. The molecule has 0 saturated carbocycles. The molecule has 3 nitrogen and oxygen atoms in total. The molecule has 0 fully saturated rings. The maximum atomic E-state index is 6.46. The summed E-state index contributed by atoms with van der Waals surface area (Å²) in [6, 6.07) is 2.49. The molecule has 0 aliphatic carbocycles. The number of rotatable bonds is 7. The molecular formula is C16H24ClN3S. The molecule has 2 heterocycles. The number of aromatic nitrogens is 2. The van der Waals surface area contributed by atoms with Crippen molar-refractivity contribution < 1.29 is 0 Å². The summed E-state index contributed by atoms with van der Waals surface area (Å²) >= 11 is 8.28. The molecule has 1 N–H and O–H groups in total. The van der Waals surface area contributed by atoms with Crippen LogP contribution in [0.25, 0.3) is 0 Å². The molecule has 2 rings (SSSR count). The maximum Gasteiger partial charge on any atom is 0.0847 e. The number of hydrogen-bond acceptors (Lipinski definition) is 3. The Bertz CT molecular complexity index is 588. The fourth-order valence-corrected chi connectivity index (χ4v) is 3.79. The van der Waals surface area contributed by atoms with E-state index in [1.807, 2.05) is 22.9 Å². The summed E-state index contributed by atoms with van der Waals surface area (Å²) in [5.74, 6) is 0. The molecule has 0 bridgehead atoms. The van der Waals surface area contributed by atoms with Gasteiger partial charge in [0.05, 0.1) is 16.4 Å². The zero-order valence-electron chi connectivity index (χ0n) is 13.2. The van der Waals surface area contributed by atoms with E-state index in [1.54, 1.807) is 0 Å². The minimum absolute atomic E-state index is 0.309. The van der Waals surface area contributed by atoms with Crippen molar-refractivity contribution in [1.29, 1.82) is 0 Å². The Hall–Kier alpha value is -0.840. The van der Waals surface area contributed by atoms with Gasteiger partial charge in [0, 0.05) is 23.9 Å². The quantitative estimate of drug-likeness (QED) is 0.811. The molecule has 5 heteroatoms. The molecule has 1 atom stereocenters. The van der Waals surface area contributed by atoms with Gasteiger partial charge in [-0.2, -0.15) is 5.10 Å². The fraction of sp³-hybridized carbons (Fsp3) is 0.562. The SMILES string of the molecule is CCCNC(Cc1c(Cl)c(C)nn1CC)c1sccc1C. The summed E-state index contributed by atoms with van der Waals surface area (Å²) in [6.07, 6.45) is 2.01. The van der Waals surface area contributed by atoms with E-state index in [4.69, 9.17) is 11.6 Å².